The molecule has 1 aromatic rings. The Bertz CT molecular complexity index is 560. The number of hydrogen-bond acceptors (Lipinski definition) is 3. The fourth-order valence-corrected chi connectivity index (χ4v) is 3.60. The van der Waals surface area contributed by atoms with E-state index in [0.717, 1.165) is 36.9 Å². The summed E-state index contributed by atoms with van der Waals surface area (Å²) in [5.41, 5.74) is 0. The van der Waals surface area contributed by atoms with E-state index in [9.17, 15) is 9.59 Å². The van der Waals surface area contributed by atoms with Gasteiger partial charge in [-0.25, -0.2) is 0 Å². The van der Waals surface area contributed by atoms with Crippen LogP contribution < -0.4 is 0 Å². The van der Waals surface area contributed by atoms with Crippen molar-refractivity contribution in [1.82, 2.24) is 19.6 Å². The molecule has 2 aliphatic heterocycles. The lowest BCUT2D eigenvalue weighted by atomic mass is 9.91. The lowest BCUT2D eigenvalue weighted by Crippen LogP contribution is -2.54. The third-order valence-corrected chi connectivity index (χ3v) is 5.01. The van der Waals surface area contributed by atoms with Crippen LogP contribution in [0.2, 0.25) is 0 Å². The molecule has 0 aliphatic carbocycles. The minimum absolute atomic E-state index is 0.0930. The Balaban J connectivity index is 1.43. The van der Waals surface area contributed by atoms with E-state index in [4.69, 9.17) is 0 Å². The van der Waals surface area contributed by atoms with Crippen LogP contribution in [-0.4, -0.2) is 57.6 Å². The zero-order valence-electron chi connectivity index (χ0n) is 12.7. The number of piperidine rings is 1. The zero-order chi connectivity index (χ0) is 15.7. The molecule has 0 unspecified atom stereocenters. The van der Waals surface area contributed by atoms with Gasteiger partial charge in [0.05, 0.1) is 10.7 Å². The van der Waals surface area contributed by atoms with Gasteiger partial charge in [0.1, 0.15) is 0 Å². The number of carbonyl (C=O) groups excluding carboxylic acids is 2. The van der Waals surface area contributed by atoms with Gasteiger partial charge in [0, 0.05) is 57.7 Å². The molecule has 2 amide bonds. The van der Waals surface area contributed by atoms with Crippen molar-refractivity contribution in [2.24, 2.45) is 11.8 Å². The molecule has 2 aliphatic rings. The maximum absolute atomic E-state index is 12.5. The Kier molecular flexibility index (Phi) is 4.52. The van der Waals surface area contributed by atoms with Crippen molar-refractivity contribution in [2.75, 3.05) is 26.2 Å². The highest BCUT2D eigenvalue weighted by molar-refractivity contribution is 9.10. The van der Waals surface area contributed by atoms with Crippen molar-refractivity contribution in [3.05, 3.63) is 16.9 Å². The van der Waals surface area contributed by atoms with Gasteiger partial charge >= 0.3 is 0 Å². The third-order valence-electron chi connectivity index (χ3n) is 4.61. The average Bonchev–Trinajstić information content (AvgIpc) is 2.87. The molecule has 0 spiro atoms. The van der Waals surface area contributed by atoms with Gasteiger partial charge < -0.3 is 9.80 Å². The van der Waals surface area contributed by atoms with Crippen LogP contribution in [0.25, 0.3) is 0 Å². The molecular weight excluding hydrogens is 348 g/mol. The first kappa shape index (κ1) is 15.5. The van der Waals surface area contributed by atoms with E-state index in [1.165, 1.54) is 0 Å². The minimum atomic E-state index is 0.0930. The van der Waals surface area contributed by atoms with Crippen LogP contribution in [-0.2, 0) is 16.1 Å². The summed E-state index contributed by atoms with van der Waals surface area (Å²) in [5, 5.41) is 4.25. The van der Waals surface area contributed by atoms with Crippen LogP contribution in [0.5, 0.6) is 0 Å². The van der Waals surface area contributed by atoms with Crippen LogP contribution in [0, 0.1) is 11.8 Å². The highest BCUT2D eigenvalue weighted by atomic mass is 79.9. The van der Waals surface area contributed by atoms with Gasteiger partial charge in [0.2, 0.25) is 11.8 Å². The van der Waals surface area contributed by atoms with Gasteiger partial charge in [-0.15, -0.1) is 0 Å². The number of halogens is 1. The topological polar surface area (TPSA) is 58.4 Å². The molecule has 7 heteroatoms. The molecule has 0 saturated carbocycles. The van der Waals surface area contributed by atoms with E-state index in [0.29, 0.717) is 19.0 Å². The van der Waals surface area contributed by atoms with E-state index in [1.54, 1.807) is 13.1 Å². The Morgan fingerprint density at radius 2 is 1.95 bits per heavy atom. The molecule has 0 bridgehead atoms. The average molecular weight is 369 g/mol. The van der Waals surface area contributed by atoms with Gasteiger partial charge in [-0.3, -0.25) is 14.3 Å². The van der Waals surface area contributed by atoms with Gasteiger partial charge in [0.15, 0.2) is 0 Å². The molecular formula is C15H21BrN4O2. The summed E-state index contributed by atoms with van der Waals surface area (Å²) in [6.07, 6.45) is 5.34. The first-order valence-corrected chi connectivity index (χ1v) is 8.54. The maximum atomic E-state index is 12.5. The van der Waals surface area contributed by atoms with Crippen molar-refractivity contribution >= 4 is 27.7 Å². The fourth-order valence-electron chi connectivity index (χ4n) is 3.27. The van der Waals surface area contributed by atoms with E-state index in [-0.39, 0.29) is 17.7 Å². The molecule has 0 atom stereocenters. The molecule has 120 valence electrons. The largest absolute Gasteiger partial charge is 0.343 e. The minimum Gasteiger partial charge on any atom is -0.343 e. The molecule has 0 aromatic carbocycles. The Morgan fingerprint density at radius 3 is 2.50 bits per heavy atom. The summed E-state index contributed by atoms with van der Waals surface area (Å²) >= 11 is 3.39. The number of aromatic nitrogens is 2. The predicted molar refractivity (Wildman–Crippen MR) is 85.0 cm³/mol. The number of nitrogens with zero attached hydrogens (tertiary/aromatic N) is 4. The van der Waals surface area contributed by atoms with Gasteiger partial charge in [-0.05, 0) is 28.8 Å². The van der Waals surface area contributed by atoms with Crippen LogP contribution in [0.1, 0.15) is 19.8 Å². The Morgan fingerprint density at radius 1 is 1.27 bits per heavy atom. The molecule has 1 aromatic heterocycles. The molecule has 2 fully saturated rings. The smallest absolute Gasteiger partial charge is 0.225 e. The monoisotopic (exact) mass is 368 g/mol. The lowest BCUT2D eigenvalue weighted by Gasteiger charge is -2.42. The van der Waals surface area contributed by atoms with Crippen molar-refractivity contribution in [1.29, 1.82) is 0 Å². The molecule has 3 heterocycles. The lowest BCUT2D eigenvalue weighted by molar-refractivity contribution is -0.145. The van der Waals surface area contributed by atoms with Crippen molar-refractivity contribution < 1.29 is 9.59 Å². The van der Waals surface area contributed by atoms with Crippen molar-refractivity contribution in [3.8, 4) is 0 Å². The third kappa shape index (κ3) is 3.34. The zero-order valence-corrected chi connectivity index (χ0v) is 14.3. The standard InChI is InChI=1S/C15H21BrN4O2/c1-11(21)18-4-2-13(3-5-18)15(22)19-7-12(8-19)9-20-10-14(16)6-17-20/h6,10,12-13H,2-5,7-9H2,1H3. The normalized spacial score (nSPS) is 20.1. The van der Waals surface area contributed by atoms with Crippen molar-refractivity contribution in [2.45, 2.75) is 26.3 Å². The molecule has 2 saturated heterocycles. The summed E-state index contributed by atoms with van der Waals surface area (Å²) < 4.78 is 2.90. The van der Waals surface area contributed by atoms with E-state index >= 15 is 0 Å². The van der Waals surface area contributed by atoms with Crippen LogP contribution >= 0.6 is 15.9 Å². The van der Waals surface area contributed by atoms with Crippen LogP contribution in [0.4, 0.5) is 0 Å². The molecule has 3 rings (SSSR count). The maximum Gasteiger partial charge on any atom is 0.225 e. The molecule has 22 heavy (non-hydrogen) atoms. The summed E-state index contributed by atoms with van der Waals surface area (Å²) in [4.78, 5) is 27.6. The molecule has 0 radical (unpaired) electrons. The second-order valence-corrected chi connectivity index (χ2v) is 7.19. The molecule has 0 N–H and O–H groups in total. The summed E-state index contributed by atoms with van der Waals surface area (Å²) in [7, 11) is 0. The molecule has 6 nitrogen and oxygen atoms in total. The first-order chi connectivity index (χ1) is 10.5. The second kappa shape index (κ2) is 6.40. The quantitative estimate of drug-likeness (QED) is 0.809. The number of carbonyl (C=O) groups is 2. The van der Waals surface area contributed by atoms with Crippen LogP contribution in [0.3, 0.4) is 0 Å². The first-order valence-electron chi connectivity index (χ1n) is 7.75. The van der Waals surface area contributed by atoms with Gasteiger partial charge in [-0.2, -0.15) is 5.10 Å². The number of rotatable bonds is 3. The second-order valence-electron chi connectivity index (χ2n) is 6.27. The summed E-state index contributed by atoms with van der Waals surface area (Å²) in [6.45, 7) is 5.52. The fraction of sp³-hybridized carbons (Fsp3) is 0.667. The van der Waals surface area contributed by atoms with Gasteiger partial charge in [0.25, 0.3) is 0 Å². The highest BCUT2D eigenvalue weighted by Gasteiger charge is 2.36. The Labute approximate surface area is 138 Å². The summed E-state index contributed by atoms with van der Waals surface area (Å²) in [6, 6.07) is 0. The SMILES string of the molecule is CC(=O)N1CCC(C(=O)N2CC(Cn3cc(Br)cn3)C2)CC1. The highest BCUT2D eigenvalue weighted by Crippen LogP contribution is 2.25. The van der Waals surface area contributed by atoms with Crippen molar-refractivity contribution in [3.63, 3.8) is 0 Å². The number of likely N-dealkylation sites (tertiary alicyclic amines) is 2. The summed E-state index contributed by atoms with van der Waals surface area (Å²) in [5.74, 6) is 0.963. The number of amides is 2. The van der Waals surface area contributed by atoms with E-state index in [2.05, 4.69) is 21.0 Å². The predicted octanol–water partition coefficient (Wildman–Crippen LogP) is 1.36. The van der Waals surface area contributed by atoms with E-state index in [1.807, 2.05) is 20.7 Å². The van der Waals surface area contributed by atoms with Gasteiger partial charge in [-0.1, -0.05) is 0 Å². The van der Waals surface area contributed by atoms with E-state index < -0.39 is 0 Å². The Hall–Kier alpha value is -1.37. The number of hydrogen-bond donors (Lipinski definition) is 0. The van der Waals surface area contributed by atoms with Crippen LogP contribution in [0.15, 0.2) is 16.9 Å².